The second-order valence-corrected chi connectivity index (χ2v) is 9.21. The second-order valence-electron chi connectivity index (χ2n) is 8.35. The van der Waals surface area contributed by atoms with Crippen LogP contribution >= 0.6 is 11.3 Å². The first-order valence-corrected chi connectivity index (χ1v) is 11.9. The second kappa shape index (κ2) is 9.70. The third-order valence-electron chi connectivity index (χ3n) is 5.32. The predicted molar refractivity (Wildman–Crippen MR) is 128 cm³/mol. The quantitative estimate of drug-likeness (QED) is 0.459. The molecule has 0 bridgehead atoms. The van der Waals surface area contributed by atoms with Gasteiger partial charge in [-0.2, -0.15) is 0 Å². The van der Waals surface area contributed by atoms with Crippen molar-refractivity contribution in [2.45, 2.75) is 46.3 Å². The van der Waals surface area contributed by atoms with E-state index in [4.69, 9.17) is 14.5 Å². The van der Waals surface area contributed by atoms with E-state index >= 15 is 0 Å². The van der Waals surface area contributed by atoms with E-state index in [1.54, 1.807) is 13.1 Å². The molecular formula is C25H27N3O4S. The molecule has 0 saturated carbocycles. The minimum atomic E-state index is -0.726. The Balaban J connectivity index is 1.70. The molecule has 1 aromatic carbocycles. The lowest BCUT2D eigenvalue weighted by Gasteiger charge is -2.37. The molecule has 0 aliphatic carbocycles. The molecule has 0 saturated heterocycles. The number of esters is 1. The SMILES string of the molecule is CCC(C(=O)OCC(C)C)N1C(=O)C(C)Oc2ccc(-c3csc(-c4ccccn4)n3)cc21. The number of nitrogens with zero attached hydrogens (tertiary/aromatic N) is 3. The number of rotatable bonds is 7. The number of ether oxygens (including phenoxy) is 2. The molecule has 0 spiro atoms. The van der Waals surface area contributed by atoms with Gasteiger partial charge in [-0.1, -0.05) is 26.8 Å². The lowest BCUT2D eigenvalue weighted by molar-refractivity contribution is -0.148. The summed E-state index contributed by atoms with van der Waals surface area (Å²) in [6.45, 7) is 7.83. The van der Waals surface area contributed by atoms with Crippen LogP contribution in [0.4, 0.5) is 5.69 Å². The van der Waals surface area contributed by atoms with Gasteiger partial charge in [-0.25, -0.2) is 9.78 Å². The zero-order chi connectivity index (χ0) is 23.5. The van der Waals surface area contributed by atoms with Crippen molar-refractivity contribution in [2.24, 2.45) is 5.92 Å². The number of carbonyl (C=O) groups excluding carboxylic acids is 2. The van der Waals surface area contributed by atoms with Gasteiger partial charge in [0.25, 0.3) is 5.91 Å². The minimum absolute atomic E-state index is 0.211. The fraction of sp³-hybridized carbons (Fsp3) is 0.360. The summed E-state index contributed by atoms with van der Waals surface area (Å²) < 4.78 is 11.3. The molecule has 2 unspecified atom stereocenters. The molecule has 2 aromatic heterocycles. The average Bonchev–Trinajstić information content (AvgIpc) is 3.31. The monoisotopic (exact) mass is 465 g/mol. The maximum Gasteiger partial charge on any atom is 0.329 e. The van der Waals surface area contributed by atoms with E-state index in [1.807, 2.05) is 62.5 Å². The molecular weight excluding hydrogens is 438 g/mol. The fourth-order valence-electron chi connectivity index (χ4n) is 3.65. The predicted octanol–water partition coefficient (Wildman–Crippen LogP) is 4.96. The van der Waals surface area contributed by atoms with E-state index in [0.29, 0.717) is 24.5 Å². The Bertz CT molecular complexity index is 1150. The maximum absolute atomic E-state index is 13.1. The summed E-state index contributed by atoms with van der Waals surface area (Å²) in [6.07, 6.45) is 1.48. The Labute approximate surface area is 197 Å². The van der Waals surface area contributed by atoms with Crippen molar-refractivity contribution in [3.63, 3.8) is 0 Å². The largest absolute Gasteiger partial charge is 0.479 e. The van der Waals surface area contributed by atoms with Crippen LogP contribution in [-0.4, -0.2) is 40.6 Å². The number of carbonyl (C=O) groups is 2. The topological polar surface area (TPSA) is 81.6 Å². The van der Waals surface area contributed by atoms with E-state index in [-0.39, 0.29) is 11.8 Å². The van der Waals surface area contributed by atoms with Crippen LogP contribution in [0.15, 0.2) is 48.0 Å². The first-order valence-electron chi connectivity index (χ1n) is 11.1. The van der Waals surface area contributed by atoms with Crippen molar-refractivity contribution >= 4 is 28.9 Å². The molecule has 0 radical (unpaired) electrons. The zero-order valence-electron chi connectivity index (χ0n) is 19.1. The number of fused-ring (bicyclic) bond motifs is 1. The summed E-state index contributed by atoms with van der Waals surface area (Å²) >= 11 is 1.50. The summed E-state index contributed by atoms with van der Waals surface area (Å²) in [4.78, 5) is 36.6. The van der Waals surface area contributed by atoms with Crippen molar-refractivity contribution in [1.29, 1.82) is 0 Å². The van der Waals surface area contributed by atoms with Crippen LogP contribution in [-0.2, 0) is 14.3 Å². The number of benzene rings is 1. The fourth-order valence-corrected chi connectivity index (χ4v) is 4.46. The highest BCUT2D eigenvalue weighted by atomic mass is 32.1. The molecule has 3 aromatic rings. The summed E-state index contributed by atoms with van der Waals surface area (Å²) in [5, 5.41) is 2.77. The van der Waals surface area contributed by atoms with Gasteiger partial charge in [0.05, 0.1) is 23.7 Å². The van der Waals surface area contributed by atoms with Gasteiger partial charge < -0.3 is 9.47 Å². The van der Waals surface area contributed by atoms with Crippen molar-refractivity contribution in [1.82, 2.24) is 9.97 Å². The number of pyridine rings is 1. The van der Waals surface area contributed by atoms with Crippen LogP contribution in [0.5, 0.6) is 5.75 Å². The number of hydrogen-bond donors (Lipinski definition) is 0. The molecule has 7 nitrogen and oxygen atoms in total. The normalized spacial score (nSPS) is 16.3. The molecule has 8 heteroatoms. The lowest BCUT2D eigenvalue weighted by Crippen LogP contribution is -2.53. The van der Waals surface area contributed by atoms with Gasteiger partial charge in [-0.3, -0.25) is 14.7 Å². The van der Waals surface area contributed by atoms with E-state index in [9.17, 15) is 9.59 Å². The molecule has 2 atom stereocenters. The summed E-state index contributed by atoms with van der Waals surface area (Å²) in [5.74, 6) is 0.0975. The highest BCUT2D eigenvalue weighted by Gasteiger charge is 2.39. The van der Waals surface area contributed by atoms with Gasteiger partial charge >= 0.3 is 5.97 Å². The van der Waals surface area contributed by atoms with Crippen LogP contribution in [0.25, 0.3) is 22.0 Å². The highest BCUT2D eigenvalue weighted by molar-refractivity contribution is 7.13. The van der Waals surface area contributed by atoms with Crippen molar-refractivity contribution in [2.75, 3.05) is 11.5 Å². The van der Waals surface area contributed by atoms with Crippen LogP contribution in [0.2, 0.25) is 0 Å². The van der Waals surface area contributed by atoms with E-state index in [0.717, 1.165) is 22.0 Å². The molecule has 4 rings (SSSR count). The highest BCUT2D eigenvalue weighted by Crippen LogP contribution is 2.40. The molecule has 0 N–H and O–H groups in total. The number of aromatic nitrogens is 2. The molecule has 1 aliphatic heterocycles. The molecule has 172 valence electrons. The van der Waals surface area contributed by atoms with Gasteiger partial charge in [-0.15, -0.1) is 11.3 Å². The van der Waals surface area contributed by atoms with Gasteiger partial charge in [0.1, 0.15) is 16.8 Å². The Morgan fingerprint density at radius 1 is 1.24 bits per heavy atom. The Morgan fingerprint density at radius 2 is 2.06 bits per heavy atom. The first kappa shape index (κ1) is 22.9. The zero-order valence-corrected chi connectivity index (χ0v) is 20.0. The Hall–Kier alpha value is -3.26. The standard InChI is InChI=1S/C25H27N3O4S/c1-5-20(25(30)31-13-15(2)3)28-21-12-17(9-10-22(21)32-16(4)24(28)29)19-14-33-23(27-19)18-8-6-7-11-26-18/h6-12,14-16,20H,5,13H2,1-4H3. The average molecular weight is 466 g/mol. The minimum Gasteiger partial charge on any atom is -0.479 e. The van der Waals surface area contributed by atoms with Gasteiger partial charge in [0, 0.05) is 17.1 Å². The molecule has 1 amide bonds. The van der Waals surface area contributed by atoms with Crippen LogP contribution in [0, 0.1) is 5.92 Å². The summed E-state index contributed by atoms with van der Waals surface area (Å²) in [5.41, 5.74) is 2.95. The smallest absolute Gasteiger partial charge is 0.329 e. The van der Waals surface area contributed by atoms with Gasteiger partial charge in [0.2, 0.25) is 0 Å². The third kappa shape index (κ3) is 4.75. The van der Waals surface area contributed by atoms with E-state index in [2.05, 4.69) is 4.98 Å². The van der Waals surface area contributed by atoms with Gasteiger partial charge in [0.15, 0.2) is 6.10 Å². The van der Waals surface area contributed by atoms with E-state index < -0.39 is 18.1 Å². The Morgan fingerprint density at radius 3 is 2.76 bits per heavy atom. The molecule has 3 heterocycles. The number of thiazole rings is 1. The number of anilines is 1. The summed E-state index contributed by atoms with van der Waals surface area (Å²) in [7, 11) is 0. The van der Waals surface area contributed by atoms with Crippen molar-refractivity contribution in [3.05, 3.63) is 48.0 Å². The van der Waals surface area contributed by atoms with E-state index in [1.165, 1.54) is 16.2 Å². The third-order valence-corrected chi connectivity index (χ3v) is 6.19. The van der Waals surface area contributed by atoms with Crippen LogP contribution in [0.1, 0.15) is 34.1 Å². The maximum atomic E-state index is 13.1. The number of hydrogen-bond acceptors (Lipinski definition) is 7. The van der Waals surface area contributed by atoms with Crippen molar-refractivity contribution < 1.29 is 19.1 Å². The lowest BCUT2D eigenvalue weighted by atomic mass is 10.0. The van der Waals surface area contributed by atoms with Crippen molar-refractivity contribution in [3.8, 4) is 27.7 Å². The Kier molecular flexibility index (Phi) is 6.74. The van der Waals surface area contributed by atoms with Crippen LogP contribution in [0.3, 0.4) is 0 Å². The molecule has 1 aliphatic rings. The molecule has 0 fully saturated rings. The molecule has 33 heavy (non-hydrogen) atoms. The van der Waals surface area contributed by atoms with Crippen LogP contribution < -0.4 is 9.64 Å². The summed E-state index contributed by atoms with van der Waals surface area (Å²) in [6, 6.07) is 10.6. The number of amides is 1. The first-order chi connectivity index (χ1) is 15.9. The van der Waals surface area contributed by atoms with Gasteiger partial charge in [-0.05, 0) is 49.6 Å².